The van der Waals surface area contributed by atoms with Crippen molar-refractivity contribution in [2.45, 2.75) is 59.1 Å². The summed E-state index contributed by atoms with van der Waals surface area (Å²) in [5.74, 6) is 2.03. The molecular formula is C16H25N5O. The van der Waals surface area contributed by atoms with Crippen molar-refractivity contribution >= 4 is 16.9 Å². The van der Waals surface area contributed by atoms with Gasteiger partial charge in [-0.3, -0.25) is 4.68 Å². The fourth-order valence-electron chi connectivity index (χ4n) is 2.87. The number of nitrogens with one attached hydrogen (secondary N) is 1. The van der Waals surface area contributed by atoms with E-state index in [0.29, 0.717) is 0 Å². The molecule has 0 bridgehead atoms. The highest BCUT2D eigenvalue weighted by Gasteiger charge is 2.20. The molecule has 0 unspecified atom stereocenters. The molecule has 0 saturated carbocycles. The van der Waals surface area contributed by atoms with E-state index in [9.17, 15) is 0 Å². The number of rotatable bonds is 5. The molecule has 0 amide bonds. The summed E-state index contributed by atoms with van der Waals surface area (Å²) < 4.78 is 7.68. The van der Waals surface area contributed by atoms with Crippen molar-refractivity contribution in [1.82, 2.24) is 19.7 Å². The largest absolute Gasteiger partial charge is 0.376 e. The average Bonchev–Trinajstić information content (AvgIpc) is 3.13. The van der Waals surface area contributed by atoms with Crippen LogP contribution in [0.2, 0.25) is 0 Å². The Morgan fingerprint density at radius 3 is 2.82 bits per heavy atom. The summed E-state index contributed by atoms with van der Waals surface area (Å²) in [4.78, 5) is 9.46. The summed E-state index contributed by atoms with van der Waals surface area (Å²) in [6.07, 6.45) is 2.55. The van der Waals surface area contributed by atoms with Crippen molar-refractivity contribution in [3.05, 3.63) is 11.5 Å². The van der Waals surface area contributed by atoms with Crippen LogP contribution in [0.3, 0.4) is 0 Å². The van der Waals surface area contributed by atoms with Gasteiger partial charge in [-0.15, -0.1) is 0 Å². The Balaban J connectivity index is 2.00. The van der Waals surface area contributed by atoms with Crippen molar-refractivity contribution in [1.29, 1.82) is 0 Å². The fraction of sp³-hybridized carbons (Fsp3) is 0.688. The summed E-state index contributed by atoms with van der Waals surface area (Å²) in [5.41, 5.74) is 2.92. The van der Waals surface area contributed by atoms with E-state index in [-0.39, 0.29) is 12.0 Å². The lowest BCUT2D eigenvalue weighted by Gasteiger charge is -2.14. The van der Waals surface area contributed by atoms with Gasteiger partial charge in [-0.1, -0.05) is 13.8 Å². The highest BCUT2D eigenvalue weighted by Crippen LogP contribution is 2.26. The van der Waals surface area contributed by atoms with Crippen LogP contribution in [-0.2, 0) is 11.3 Å². The first kappa shape index (κ1) is 15.2. The minimum atomic E-state index is 0.284. The number of hydrogen-bond donors (Lipinski definition) is 1. The van der Waals surface area contributed by atoms with Gasteiger partial charge in [0.1, 0.15) is 16.9 Å². The summed E-state index contributed by atoms with van der Waals surface area (Å²) in [5, 5.41) is 8.07. The number of anilines is 1. The Bertz CT molecular complexity index is 658. The van der Waals surface area contributed by atoms with Crippen LogP contribution in [0.1, 0.15) is 51.0 Å². The van der Waals surface area contributed by atoms with E-state index in [1.54, 1.807) is 0 Å². The molecule has 0 aliphatic carbocycles. The molecule has 1 atom stereocenters. The van der Waals surface area contributed by atoms with Gasteiger partial charge in [-0.05, 0) is 26.7 Å². The molecule has 1 saturated heterocycles. The predicted molar refractivity (Wildman–Crippen MR) is 87.3 cm³/mol. The molecule has 2 aromatic rings. The number of ether oxygens (including phenoxy) is 1. The minimum absolute atomic E-state index is 0.284. The topological polar surface area (TPSA) is 64.9 Å². The van der Waals surface area contributed by atoms with Crippen LogP contribution in [0.5, 0.6) is 0 Å². The number of aryl methyl sites for hydroxylation is 2. The molecule has 120 valence electrons. The van der Waals surface area contributed by atoms with Gasteiger partial charge >= 0.3 is 0 Å². The number of fused-ring (bicyclic) bond motifs is 1. The zero-order chi connectivity index (χ0) is 15.7. The quantitative estimate of drug-likeness (QED) is 0.920. The fourth-order valence-corrected chi connectivity index (χ4v) is 2.87. The van der Waals surface area contributed by atoms with Crippen LogP contribution in [0.4, 0.5) is 5.82 Å². The molecular weight excluding hydrogens is 278 g/mol. The van der Waals surface area contributed by atoms with Gasteiger partial charge in [0.15, 0.2) is 5.82 Å². The van der Waals surface area contributed by atoms with Crippen molar-refractivity contribution in [2.75, 3.05) is 18.5 Å². The second-order valence-electron chi connectivity index (χ2n) is 6.20. The molecule has 0 spiro atoms. The van der Waals surface area contributed by atoms with Crippen LogP contribution in [0, 0.1) is 6.92 Å². The first-order valence-electron chi connectivity index (χ1n) is 8.20. The third-order valence-electron chi connectivity index (χ3n) is 4.11. The molecule has 1 aliphatic rings. The Morgan fingerprint density at radius 1 is 1.36 bits per heavy atom. The Labute approximate surface area is 131 Å². The summed E-state index contributed by atoms with van der Waals surface area (Å²) >= 11 is 0. The summed E-state index contributed by atoms with van der Waals surface area (Å²) in [6, 6.07) is 0. The molecule has 22 heavy (non-hydrogen) atoms. The first-order chi connectivity index (χ1) is 10.6. The molecule has 0 aromatic carbocycles. The van der Waals surface area contributed by atoms with Crippen molar-refractivity contribution in [3.63, 3.8) is 0 Å². The lowest BCUT2D eigenvalue weighted by Crippen LogP contribution is -2.20. The zero-order valence-electron chi connectivity index (χ0n) is 13.9. The highest BCUT2D eigenvalue weighted by atomic mass is 16.5. The predicted octanol–water partition coefficient (Wildman–Crippen LogP) is 2.87. The molecule has 1 aliphatic heterocycles. The molecule has 3 rings (SSSR count). The van der Waals surface area contributed by atoms with Crippen LogP contribution in [0.15, 0.2) is 0 Å². The van der Waals surface area contributed by atoms with Gasteiger partial charge in [0, 0.05) is 25.6 Å². The van der Waals surface area contributed by atoms with Gasteiger partial charge < -0.3 is 10.1 Å². The lowest BCUT2D eigenvalue weighted by molar-refractivity contribution is 0.120. The highest BCUT2D eigenvalue weighted by molar-refractivity contribution is 5.87. The molecule has 1 fully saturated rings. The third kappa shape index (κ3) is 2.79. The number of hydrogen-bond acceptors (Lipinski definition) is 5. The van der Waals surface area contributed by atoms with Gasteiger partial charge in [0.25, 0.3) is 0 Å². The van der Waals surface area contributed by atoms with Crippen LogP contribution in [-0.4, -0.2) is 39.0 Å². The van der Waals surface area contributed by atoms with Crippen LogP contribution >= 0.6 is 0 Å². The average molecular weight is 303 g/mol. The second kappa shape index (κ2) is 6.20. The minimum Gasteiger partial charge on any atom is -0.376 e. The van der Waals surface area contributed by atoms with E-state index in [2.05, 4.69) is 31.2 Å². The zero-order valence-corrected chi connectivity index (χ0v) is 13.9. The molecule has 6 heteroatoms. The molecule has 0 radical (unpaired) electrons. The van der Waals surface area contributed by atoms with E-state index in [1.165, 1.54) is 0 Å². The summed E-state index contributed by atoms with van der Waals surface area (Å²) in [7, 11) is 0. The standard InChI is InChI=1S/C16H25N5O/c1-5-21-14-13(11(4)20-21)18-15(10(2)3)19-16(14)17-9-12-7-6-8-22-12/h10,12H,5-9H2,1-4H3,(H,17,18,19)/t12-/m0/s1. The monoisotopic (exact) mass is 303 g/mol. The van der Waals surface area contributed by atoms with Gasteiger partial charge in [0.05, 0.1) is 11.8 Å². The van der Waals surface area contributed by atoms with E-state index < -0.39 is 0 Å². The van der Waals surface area contributed by atoms with Crippen molar-refractivity contribution in [2.24, 2.45) is 0 Å². The SMILES string of the molecule is CCn1nc(C)c2nc(C(C)C)nc(NC[C@@H]3CCCO3)c21. The van der Waals surface area contributed by atoms with E-state index in [1.807, 2.05) is 11.6 Å². The molecule has 3 heterocycles. The lowest BCUT2D eigenvalue weighted by atomic mass is 10.2. The molecule has 6 nitrogen and oxygen atoms in total. The van der Waals surface area contributed by atoms with E-state index >= 15 is 0 Å². The van der Waals surface area contributed by atoms with Gasteiger partial charge in [-0.2, -0.15) is 5.10 Å². The van der Waals surface area contributed by atoms with E-state index in [0.717, 1.165) is 60.9 Å². The maximum atomic E-state index is 5.70. The maximum absolute atomic E-state index is 5.70. The van der Waals surface area contributed by atoms with Gasteiger partial charge in [-0.25, -0.2) is 9.97 Å². The van der Waals surface area contributed by atoms with Crippen molar-refractivity contribution in [3.8, 4) is 0 Å². The van der Waals surface area contributed by atoms with Crippen molar-refractivity contribution < 1.29 is 4.74 Å². The van der Waals surface area contributed by atoms with E-state index in [4.69, 9.17) is 14.7 Å². The summed E-state index contributed by atoms with van der Waals surface area (Å²) in [6.45, 7) is 10.8. The Kier molecular flexibility index (Phi) is 4.29. The first-order valence-corrected chi connectivity index (χ1v) is 8.20. The molecule has 2 aromatic heterocycles. The maximum Gasteiger partial charge on any atom is 0.156 e. The normalized spacial score (nSPS) is 18.5. The second-order valence-corrected chi connectivity index (χ2v) is 6.20. The smallest absolute Gasteiger partial charge is 0.156 e. The van der Waals surface area contributed by atoms with Crippen LogP contribution < -0.4 is 5.32 Å². The number of nitrogens with zero attached hydrogens (tertiary/aromatic N) is 4. The third-order valence-corrected chi connectivity index (χ3v) is 4.11. The van der Waals surface area contributed by atoms with Crippen LogP contribution in [0.25, 0.3) is 11.0 Å². The Morgan fingerprint density at radius 2 is 2.18 bits per heavy atom. The van der Waals surface area contributed by atoms with Gasteiger partial charge in [0.2, 0.25) is 0 Å². The Hall–Kier alpha value is -1.69. The molecule has 1 N–H and O–H groups in total. The number of aromatic nitrogens is 4.